The van der Waals surface area contributed by atoms with Crippen LogP contribution >= 0.6 is 0 Å². The highest BCUT2D eigenvalue weighted by Gasteiger charge is 2.33. The fraction of sp³-hybridized carbons (Fsp3) is 0.167. The Morgan fingerprint density at radius 3 is 2.63 bits per heavy atom. The lowest BCUT2D eigenvalue weighted by atomic mass is 9.81. The number of halogens is 1. The molecule has 0 spiro atoms. The Balaban J connectivity index is 1.55. The van der Waals surface area contributed by atoms with Gasteiger partial charge in [-0.15, -0.1) is 6.58 Å². The number of nitrogens with zero attached hydrogens (tertiary/aromatic N) is 1. The van der Waals surface area contributed by atoms with Crippen LogP contribution in [0.4, 0.5) is 10.1 Å². The molecule has 5 rings (SSSR count). The predicted molar refractivity (Wildman–Crippen MR) is 137 cm³/mol. The fourth-order valence-corrected chi connectivity index (χ4v) is 4.81. The Hall–Kier alpha value is -4.12. The quantitative estimate of drug-likeness (QED) is 0.287. The molecule has 0 bridgehead atoms. The third-order valence-electron chi connectivity index (χ3n) is 6.51. The molecule has 176 valence electrons. The summed E-state index contributed by atoms with van der Waals surface area (Å²) < 4.78 is 25.5. The highest BCUT2D eigenvalue weighted by Crippen LogP contribution is 2.45. The largest absolute Gasteiger partial charge is 0.493 e. The zero-order chi connectivity index (χ0) is 24.4. The molecule has 1 aliphatic rings. The van der Waals surface area contributed by atoms with Gasteiger partial charge in [-0.1, -0.05) is 60.7 Å². The molecule has 4 aromatic rings. The van der Waals surface area contributed by atoms with Crippen LogP contribution in [-0.2, 0) is 11.4 Å². The summed E-state index contributed by atoms with van der Waals surface area (Å²) in [7, 11) is 1.58. The minimum absolute atomic E-state index is 0.0523. The first-order chi connectivity index (χ1) is 17.1. The van der Waals surface area contributed by atoms with Gasteiger partial charge in [-0.25, -0.2) is 4.39 Å². The topological polar surface area (TPSA) is 38.8 Å². The van der Waals surface area contributed by atoms with E-state index in [1.807, 2.05) is 36.4 Å². The summed E-state index contributed by atoms with van der Waals surface area (Å²) in [6.45, 7) is 4.38. The van der Waals surface area contributed by atoms with E-state index in [2.05, 4.69) is 24.8 Å². The summed E-state index contributed by atoms with van der Waals surface area (Å²) in [6, 6.07) is 24.6. The summed E-state index contributed by atoms with van der Waals surface area (Å²) >= 11 is 0. The summed E-state index contributed by atoms with van der Waals surface area (Å²) in [5.41, 5.74) is 3.46. The highest BCUT2D eigenvalue weighted by atomic mass is 19.1. The number of amides is 1. The van der Waals surface area contributed by atoms with Crippen LogP contribution < -0.4 is 14.4 Å². The highest BCUT2D eigenvalue weighted by molar-refractivity contribution is 6.03. The van der Waals surface area contributed by atoms with Crippen molar-refractivity contribution in [3.8, 4) is 11.5 Å². The van der Waals surface area contributed by atoms with Crippen LogP contribution in [0.15, 0.2) is 91.5 Å². The molecule has 1 aliphatic heterocycles. The first-order valence-electron chi connectivity index (χ1n) is 11.6. The van der Waals surface area contributed by atoms with Gasteiger partial charge in [0.2, 0.25) is 5.91 Å². The van der Waals surface area contributed by atoms with E-state index in [9.17, 15) is 9.18 Å². The molecular formula is C30H26FNO3. The van der Waals surface area contributed by atoms with E-state index in [4.69, 9.17) is 9.47 Å². The van der Waals surface area contributed by atoms with Crippen molar-refractivity contribution < 1.29 is 18.7 Å². The monoisotopic (exact) mass is 467 g/mol. The van der Waals surface area contributed by atoms with Gasteiger partial charge < -0.3 is 14.4 Å². The van der Waals surface area contributed by atoms with Crippen LogP contribution in [0.5, 0.6) is 11.5 Å². The molecule has 4 aromatic carbocycles. The molecule has 0 saturated carbocycles. The maximum atomic E-state index is 14.0. The van der Waals surface area contributed by atoms with Gasteiger partial charge >= 0.3 is 0 Å². The van der Waals surface area contributed by atoms with Gasteiger partial charge in [-0.05, 0) is 46.2 Å². The number of hydrogen-bond acceptors (Lipinski definition) is 3. The minimum atomic E-state index is -0.309. The number of methoxy groups -OCH3 is 1. The SMILES string of the molecule is C=CCN1C(=O)CC(c2ccc(OCc3ccccc3F)c(OC)c2)c2c1ccc1ccccc21. The zero-order valence-corrected chi connectivity index (χ0v) is 19.5. The molecule has 0 fully saturated rings. The lowest BCUT2D eigenvalue weighted by Gasteiger charge is -2.35. The van der Waals surface area contributed by atoms with Crippen molar-refractivity contribution in [3.05, 3.63) is 114 Å². The van der Waals surface area contributed by atoms with Crippen molar-refractivity contribution >= 4 is 22.4 Å². The molecule has 5 heteroatoms. The standard InChI is InChI=1S/C30H26FNO3/c1-3-16-32-26-14-12-20-8-4-6-10-23(20)30(26)24(18-29(32)33)21-13-15-27(28(17-21)34-2)35-19-22-9-5-7-11-25(22)31/h3-15,17,24H,1,16,18-19H2,2H3. The Bertz CT molecular complexity index is 1410. The second kappa shape index (κ2) is 9.63. The lowest BCUT2D eigenvalue weighted by molar-refractivity contribution is -0.119. The predicted octanol–water partition coefficient (Wildman–Crippen LogP) is 6.62. The fourth-order valence-electron chi connectivity index (χ4n) is 4.81. The van der Waals surface area contributed by atoms with E-state index >= 15 is 0 Å². The average Bonchev–Trinajstić information content (AvgIpc) is 2.89. The number of hydrogen-bond donors (Lipinski definition) is 0. The van der Waals surface area contributed by atoms with Crippen LogP contribution in [0.2, 0.25) is 0 Å². The Labute approximate surface area is 204 Å². The Morgan fingerprint density at radius 2 is 1.83 bits per heavy atom. The van der Waals surface area contributed by atoms with Gasteiger partial charge in [0, 0.05) is 30.1 Å². The number of carbonyl (C=O) groups is 1. The van der Waals surface area contributed by atoms with Gasteiger partial charge in [0.05, 0.1) is 7.11 Å². The smallest absolute Gasteiger partial charge is 0.228 e. The Morgan fingerprint density at radius 1 is 1.03 bits per heavy atom. The molecule has 0 aromatic heterocycles. The average molecular weight is 468 g/mol. The van der Waals surface area contributed by atoms with Crippen LogP contribution in [-0.4, -0.2) is 19.6 Å². The lowest BCUT2D eigenvalue weighted by Crippen LogP contribution is -2.37. The summed E-state index contributed by atoms with van der Waals surface area (Å²) in [4.78, 5) is 15.0. The van der Waals surface area contributed by atoms with E-state index in [1.54, 1.807) is 36.3 Å². The molecular weight excluding hydrogens is 441 g/mol. The van der Waals surface area contributed by atoms with Crippen molar-refractivity contribution in [1.82, 2.24) is 0 Å². The van der Waals surface area contributed by atoms with E-state index in [0.29, 0.717) is 30.0 Å². The van der Waals surface area contributed by atoms with E-state index in [0.717, 1.165) is 27.6 Å². The van der Waals surface area contributed by atoms with Crippen molar-refractivity contribution in [2.24, 2.45) is 0 Å². The number of anilines is 1. The summed E-state index contributed by atoms with van der Waals surface area (Å²) in [5, 5.41) is 2.25. The van der Waals surface area contributed by atoms with E-state index in [1.165, 1.54) is 6.07 Å². The van der Waals surface area contributed by atoms with E-state index < -0.39 is 0 Å². The number of fused-ring (bicyclic) bond motifs is 3. The van der Waals surface area contributed by atoms with Crippen LogP contribution in [0.3, 0.4) is 0 Å². The zero-order valence-electron chi connectivity index (χ0n) is 19.5. The first kappa shape index (κ1) is 22.7. The summed E-state index contributed by atoms with van der Waals surface area (Å²) in [6.07, 6.45) is 2.09. The third kappa shape index (κ3) is 4.26. The number of carbonyl (C=O) groups excluding carboxylic acids is 1. The third-order valence-corrected chi connectivity index (χ3v) is 6.51. The number of benzene rings is 4. The molecule has 0 aliphatic carbocycles. The number of ether oxygens (including phenoxy) is 2. The molecule has 0 radical (unpaired) electrons. The summed E-state index contributed by atoms with van der Waals surface area (Å²) in [5.74, 6) is 0.668. The van der Waals surface area contributed by atoms with Crippen molar-refractivity contribution in [1.29, 1.82) is 0 Å². The Kier molecular flexibility index (Phi) is 6.23. The van der Waals surface area contributed by atoms with Crippen molar-refractivity contribution in [3.63, 3.8) is 0 Å². The molecule has 35 heavy (non-hydrogen) atoms. The molecule has 1 amide bonds. The van der Waals surface area contributed by atoms with Gasteiger partial charge in [0.25, 0.3) is 0 Å². The maximum Gasteiger partial charge on any atom is 0.228 e. The molecule has 1 unspecified atom stereocenters. The van der Waals surface area contributed by atoms with Gasteiger partial charge in [-0.2, -0.15) is 0 Å². The van der Waals surface area contributed by atoms with Crippen LogP contribution in [0.1, 0.15) is 29.0 Å². The van der Waals surface area contributed by atoms with Crippen LogP contribution in [0, 0.1) is 5.82 Å². The molecule has 1 atom stereocenters. The second-order valence-corrected chi connectivity index (χ2v) is 8.56. The molecule has 0 saturated heterocycles. The van der Waals surface area contributed by atoms with Crippen molar-refractivity contribution in [2.75, 3.05) is 18.6 Å². The van der Waals surface area contributed by atoms with E-state index in [-0.39, 0.29) is 24.2 Å². The molecule has 4 nitrogen and oxygen atoms in total. The minimum Gasteiger partial charge on any atom is -0.493 e. The molecule has 1 heterocycles. The van der Waals surface area contributed by atoms with Gasteiger partial charge in [0.15, 0.2) is 11.5 Å². The maximum absolute atomic E-state index is 14.0. The van der Waals surface area contributed by atoms with Gasteiger partial charge in [0.1, 0.15) is 12.4 Å². The molecule has 0 N–H and O–H groups in total. The normalized spacial score (nSPS) is 15.1. The van der Waals surface area contributed by atoms with Crippen molar-refractivity contribution in [2.45, 2.75) is 18.9 Å². The second-order valence-electron chi connectivity index (χ2n) is 8.56. The first-order valence-corrected chi connectivity index (χ1v) is 11.6. The van der Waals surface area contributed by atoms with Gasteiger partial charge in [-0.3, -0.25) is 4.79 Å². The number of rotatable bonds is 7. The van der Waals surface area contributed by atoms with Crippen LogP contribution in [0.25, 0.3) is 10.8 Å².